The molecule has 1 radical (unpaired) electrons. The van der Waals surface area contributed by atoms with E-state index in [-0.39, 0.29) is 61.2 Å². The molecule has 0 atom stereocenters. The number of benzene rings is 2. The quantitative estimate of drug-likeness (QED) is 0.836. The minimum absolute atomic E-state index is 0. The average molecular weight is 365 g/mol. The number of hydrogen-bond acceptors (Lipinski definition) is 4. The van der Waals surface area contributed by atoms with Crippen LogP contribution in [0.25, 0.3) is 0 Å². The summed E-state index contributed by atoms with van der Waals surface area (Å²) < 4.78 is 50.2. The molecule has 8 heteroatoms. The van der Waals surface area contributed by atoms with Gasteiger partial charge in [-0.25, -0.2) is 16.8 Å². The van der Waals surface area contributed by atoms with Gasteiger partial charge in [-0.1, -0.05) is 35.4 Å². The number of sulfonamides is 2. The Hall–Kier alpha value is -0.0636. The van der Waals surface area contributed by atoms with Gasteiger partial charge in [-0.15, -0.1) is 4.13 Å². The minimum atomic E-state index is -4.13. The molecule has 0 unspecified atom stereocenters. The fraction of sp³-hybridized carbons (Fsp3) is 0.143. The van der Waals surface area contributed by atoms with E-state index in [4.69, 9.17) is 0 Å². The van der Waals surface area contributed by atoms with Gasteiger partial charge in [-0.2, -0.15) is 0 Å². The summed E-state index contributed by atoms with van der Waals surface area (Å²) in [6.07, 6.45) is 0. The maximum Gasteiger partial charge on any atom is 0.253 e. The van der Waals surface area contributed by atoms with Crippen molar-refractivity contribution in [3.63, 3.8) is 0 Å². The molecule has 0 saturated heterocycles. The molecular weight excluding hydrogens is 349 g/mol. The van der Waals surface area contributed by atoms with Crippen molar-refractivity contribution in [1.82, 2.24) is 4.13 Å². The van der Waals surface area contributed by atoms with Gasteiger partial charge >= 0.3 is 0 Å². The molecule has 0 saturated carbocycles. The third kappa shape index (κ3) is 4.97. The summed E-state index contributed by atoms with van der Waals surface area (Å²) in [6, 6.07) is 11.9. The molecule has 2 aromatic rings. The molecule has 0 bridgehead atoms. The number of nitrogens with one attached hydrogen (secondary N) is 1. The SMILES string of the molecule is Cc1ccc(S(=O)(=O)NS(=O)(=O)c2ccc(C)cc2)cc1.[K]. The summed E-state index contributed by atoms with van der Waals surface area (Å²) in [5.41, 5.74) is 1.77. The van der Waals surface area contributed by atoms with Crippen LogP contribution in [-0.4, -0.2) is 68.2 Å². The van der Waals surface area contributed by atoms with Crippen molar-refractivity contribution >= 4 is 71.4 Å². The number of hydrogen-bond donors (Lipinski definition) is 1. The van der Waals surface area contributed by atoms with Crippen LogP contribution >= 0.6 is 0 Å². The van der Waals surface area contributed by atoms with Crippen molar-refractivity contribution in [1.29, 1.82) is 0 Å². The van der Waals surface area contributed by atoms with E-state index in [0.717, 1.165) is 11.1 Å². The Morgan fingerprint density at radius 1 is 0.636 bits per heavy atom. The molecule has 0 spiro atoms. The van der Waals surface area contributed by atoms with E-state index in [9.17, 15) is 16.8 Å². The smallest absolute Gasteiger partial charge is 0.206 e. The van der Waals surface area contributed by atoms with Crippen LogP contribution in [0, 0.1) is 13.8 Å². The molecule has 0 heterocycles. The van der Waals surface area contributed by atoms with Crippen molar-refractivity contribution in [3.05, 3.63) is 59.7 Å². The van der Waals surface area contributed by atoms with Gasteiger partial charge < -0.3 is 0 Å². The van der Waals surface area contributed by atoms with Crippen molar-refractivity contribution < 1.29 is 16.8 Å². The van der Waals surface area contributed by atoms with Crippen LogP contribution in [0.5, 0.6) is 0 Å². The van der Waals surface area contributed by atoms with Gasteiger partial charge in [0.15, 0.2) is 0 Å². The van der Waals surface area contributed by atoms with Crippen molar-refractivity contribution in [2.45, 2.75) is 23.6 Å². The molecule has 0 fully saturated rings. The van der Waals surface area contributed by atoms with Crippen LogP contribution < -0.4 is 4.13 Å². The molecule has 0 aliphatic rings. The molecule has 1 N–H and O–H groups in total. The fourth-order valence-corrected chi connectivity index (χ4v) is 4.59. The molecule has 0 aliphatic carbocycles. The van der Waals surface area contributed by atoms with Crippen LogP contribution in [0.2, 0.25) is 0 Å². The summed E-state index contributed by atoms with van der Waals surface area (Å²) in [4.78, 5) is -0.187. The standard InChI is InChI=1S/C14H15NO4S2.K/c1-11-3-7-13(8-4-11)20(16,17)15-21(18,19)14-9-5-12(2)6-10-14;/h3-10,15H,1-2H3;. The largest absolute Gasteiger partial charge is 0.253 e. The van der Waals surface area contributed by atoms with Gasteiger partial charge in [-0.3, -0.25) is 0 Å². The molecular formula is C14H15KNO4S2. The zero-order valence-electron chi connectivity index (χ0n) is 12.6. The Bertz CT molecular complexity index is 769. The first-order chi connectivity index (χ1) is 9.71. The van der Waals surface area contributed by atoms with Gasteiger partial charge in [-0.05, 0) is 38.1 Å². The van der Waals surface area contributed by atoms with Crippen LogP contribution in [0.15, 0.2) is 58.3 Å². The summed E-state index contributed by atoms with van der Waals surface area (Å²) in [7, 11) is -8.26. The first kappa shape index (κ1) is 20.0. The van der Waals surface area contributed by atoms with Crippen molar-refractivity contribution in [2.75, 3.05) is 0 Å². The summed E-state index contributed by atoms with van der Waals surface area (Å²) >= 11 is 0. The van der Waals surface area contributed by atoms with Crippen LogP contribution in [0.3, 0.4) is 0 Å². The normalized spacial score (nSPS) is 11.7. The third-order valence-electron chi connectivity index (χ3n) is 2.88. The molecule has 0 amide bonds. The van der Waals surface area contributed by atoms with E-state index < -0.39 is 20.0 Å². The van der Waals surface area contributed by atoms with E-state index in [1.54, 1.807) is 28.4 Å². The Kier molecular flexibility index (Phi) is 6.97. The second-order valence-corrected chi connectivity index (χ2v) is 8.34. The monoisotopic (exact) mass is 364 g/mol. The molecule has 113 valence electrons. The zero-order chi connectivity index (χ0) is 15.7. The summed E-state index contributed by atoms with van der Waals surface area (Å²) in [6.45, 7) is 3.62. The minimum Gasteiger partial charge on any atom is -0.206 e. The van der Waals surface area contributed by atoms with E-state index >= 15 is 0 Å². The van der Waals surface area contributed by atoms with Crippen LogP contribution in [0.4, 0.5) is 0 Å². The van der Waals surface area contributed by atoms with Crippen LogP contribution in [0.1, 0.15) is 11.1 Å². The van der Waals surface area contributed by atoms with Gasteiger partial charge in [0.25, 0.3) is 20.0 Å². The molecule has 2 aromatic carbocycles. The van der Waals surface area contributed by atoms with Crippen LogP contribution in [-0.2, 0) is 20.0 Å². The van der Waals surface area contributed by atoms with E-state index in [2.05, 4.69) is 0 Å². The van der Waals surface area contributed by atoms with Crippen molar-refractivity contribution in [3.8, 4) is 0 Å². The molecule has 22 heavy (non-hydrogen) atoms. The molecule has 5 nitrogen and oxygen atoms in total. The number of rotatable bonds is 4. The topological polar surface area (TPSA) is 80.3 Å². The number of aryl methyl sites for hydroxylation is 2. The second kappa shape index (κ2) is 7.67. The van der Waals surface area contributed by atoms with E-state index in [0.29, 0.717) is 0 Å². The zero-order valence-corrected chi connectivity index (χ0v) is 17.3. The Balaban J connectivity index is 0.00000242. The third-order valence-corrected chi connectivity index (χ3v) is 6.42. The fourth-order valence-electron chi connectivity index (χ4n) is 1.68. The Labute approximate surface area is 173 Å². The van der Waals surface area contributed by atoms with Gasteiger partial charge in [0.05, 0.1) is 9.79 Å². The molecule has 0 aliphatic heterocycles. The van der Waals surface area contributed by atoms with Crippen molar-refractivity contribution in [2.24, 2.45) is 0 Å². The van der Waals surface area contributed by atoms with Gasteiger partial charge in [0, 0.05) is 51.4 Å². The summed E-state index contributed by atoms with van der Waals surface area (Å²) in [5, 5.41) is 0. The predicted molar refractivity (Wildman–Crippen MR) is 85.6 cm³/mol. The maximum absolute atomic E-state index is 12.1. The first-order valence-corrected chi connectivity index (χ1v) is 9.09. The van der Waals surface area contributed by atoms with E-state index in [1.807, 2.05) is 13.8 Å². The second-order valence-electron chi connectivity index (χ2n) is 4.72. The van der Waals surface area contributed by atoms with Gasteiger partial charge in [0.2, 0.25) is 0 Å². The molecule has 2 rings (SSSR count). The van der Waals surface area contributed by atoms with Gasteiger partial charge in [0.1, 0.15) is 0 Å². The predicted octanol–water partition coefficient (Wildman–Crippen LogP) is 1.59. The maximum atomic E-state index is 12.1. The van der Waals surface area contributed by atoms with E-state index in [1.165, 1.54) is 24.3 Å². The first-order valence-electron chi connectivity index (χ1n) is 6.13. The Morgan fingerprint density at radius 3 is 1.18 bits per heavy atom. The summed E-state index contributed by atoms with van der Waals surface area (Å²) in [5.74, 6) is 0. The molecule has 0 aromatic heterocycles. The Morgan fingerprint density at radius 2 is 0.909 bits per heavy atom. The average Bonchev–Trinajstić information content (AvgIpc) is 2.38.